The van der Waals surface area contributed by atoms with E-state index in [4.69, 9.17) is 9.72 Å². The number of hydrogen-bond acceptors (Lipinski definition) is 5. The molecule has 1 saturated heterocycles. The van der Waals surface area contributed by atoms with Crippen molar-refractivity contribution in [2.45, 2.75) is 91.7 Å². The van der Waals surface area contributed by atoms with Crippen molar-refractivity contribution in [2.75, 3.05) is 13.1 Å². The Kier molecular flexibility index (Phi) is 8.95. The standard InChI is InChI=1S/C33H44N4O4/c1-21(2)15-26(33(40)41-28-7-5-6-8-28)11-9-24-10-12-30-29(17-24)35-31(27-16-22(3)32(39)34-18-27)37(30)20-25-13-14-36(19-25)23(4)38/h10,12,16-18,21,25-26,28H,5-9,11,13-15,19-20H2,1-4H3,(H,34,39)/t25?,26-/m0/s1. The summed E-state index contributed by atoms with van der Waals surface area (Å²) in [5, 5.41) is 0. The van der Waals surface area contributed by atoms with Gasteiger partial charge >= 0.3 is 5.97 Å². The molecular weight excluding hydrogens is 516 g/mol. The molecule has 8 heteroatoms. The van der Waals surface area contributed by atoms with Gasteiger partial charge in [-0.2, -0.15) is 0 Å². The lowest BCUT2D eigenvalue weighted by Crippen LogP contribution is -2.26. The molecule has 1 aliphatic heterocycles. The highest BCUT2D eigenvalue weighted by atomic mass is 16.5. The van der Waals surface area contributed by atoms with Crippen LogP contribution < -0.4 is 5.56 Å². The van der Waals surface area contributed by atoms with Gasteiger partial charge in [0.2, 0.25) is 5.91 Å². The van der Waals surface area contributed by atoms with Crippen LogP contribution in [0.2, 0.25) is 0 Å². The van der Waals surface area contributed by atoms with E-state index in [1.807, 2.05) is 11.0 Å². The minimum Gasteiger partial charge on any atom is -0.462 e. The average Bonchev–Trinajstić information content (AvgIpc) is 3.69. The molecule has 1 N–H and O–H groups in total. The molecule has 2 atom stereocenters. The van der Waals surface area contributed by atoms with Crippen molar-refractivity contribution < 1.29 is 14.3 Å². The summed E-state index contributed by atoms with van der Waals surface area (Å²) in [5.41, 5.74) is 4.50. The number of nitrogens with one attached hydrogen (secondary N) is 1. The molecule has 3 aromatic rings. The summed E-state index contributed by atoms with van der Waals surface area (Å²) in [6.45, 7) is 10.0. The van der Waals surface area contributed by atoms with Crippen LogP contribution in [-0.2, 0) is 27.3 Å². The van der Waals surface area contributed by atoms with Crippen LogP contribution in [0.25, 0.3) is 22.4 Å². The first-order valence-corrected chi connectivity index (χ1v) is 15.3. The molecule has 1 aliphatic carbocycles. The Morgan fingerprint density at radius 3 is 2.61 bits per heavy atom. The van der Waals surface area contributed by atoms with Gasteiger partial charge in [0, 0.05) is 43.9 Å². The molecule has 0 bridgehead atoms. The lowest BCUT2D eigenvalue weighted by Gasteiger charge is -2.20. The van der Waals surface area contributed by atoms with Crippen molar-refractivity contribution in [1.29, 1.82) is 0 Å². The number of carbonyl (C=O) groups excluding carboxylic acids is 2. The molecule has 3 heterocycles. The summed E-state index contributed by atoms with van der Waals surface area (Å²) in [5.74, 6) is 1.55. The number of hydrogen-bond donors (Lipinski definition) is 1. The van der Waals surface area contributed by atoms with Gasteiger partial charge in [-0.05, 0) is 93.9 Å². The molecule has 1 saturated carbocycles. The lowest BCUT2D eigenvalue weighted by molar-refractivity contribution is -0.154. The third kappa shape index (κ3) is 6.91. The van der Waals surface area contributed by atoms with E-state index in [1.165, 1.54) is 0 Å². The van der Waals surface area contributed by atoms with Crippen molar-refractivity contribution >= 4 is 22.9 Å². The number of aromatic nitrogens is 3. The fraction of sp³-hybridized carbons (Fsp3) is 0.576. The Labute approximate surface area is 242 Å². The molecule has 0 spiro atoms. The van der Waals surface area contributed by atoms with E-state index in [-0.39, 0.29) is 29.5 Å². The number of nitrogens with zero attached hydrogens (tertiary/aromatic N) is 3. The second kappa shape index (κ2) is 12.6. The van der Waals surface area contributed by atoms with E-state index in [2.05, 4.69) is 41.6 Å². The Bertz CT molecular complexity index is 1450. The first-order valence-electron chi connectivity index (χ1n) is 15.3. The second-order valence-electron chi connectivity index (χ2n) is 12.6. The second-order valence-corrected chi connectivity index (χ2v) is 12.6. The van der Waals surface area contributed by atoms with Gasteiger partial charge in [-0.25, -0.2) is 4.98 Å². The van der Waals surface area contributed by atoms with Gasteiger partial charge in [-0.15, -0.1) is 0 Å². The molecule has 0 radical (unpaired) electrons. The molecule has 2 fully saturated rings. The zero-order chi connectivity index (χ0) is 29.1. The molecule has 5 rings (SSSR count). The Hall–Kier alpha value is -3.42. The summed E-state index contributed by atoms with van der Waals surface area (Å²) >= 11 is 0. The van der Waals surface area contributed by atoms with Crippen molar-refractivity contribution in [3.05, 3.63) is 51.9 Å². The molecule has 8 nitrogen and oxygen atoms in total. The van der Waals surface area contributed by atoms with Crippen molar-refractivity contribution in [3.8, 4) is 11.4 Å². The lowest BCUT2D eigenvalue weighted by atomic mass is 9.91. The topological polar surface area (TPSA) is 97.3 Å². The van der Waals surface area contributed by atoms with Crippen molar-refractivity contribution in [3.63, 3.8) is 0 Å². The molecule has 2 aromatic heterocycles. The summed E-state index contributed by atoms with van der Waals surface area (Å²) in [4.78, 5) is 46.9. The first kappa shape index (κ1) is 29.1. The number of esters is 1. The summed E-state index contributed by atoms with van der Waals surface area (Å²) in [7, 11) is 0. The number of fused-ring (bicyclic) bond motifs is 1. The third-order valence-corrected chi connectivity index (χ3v) is 8.79. The fourth-order valence-electron chi connectivity index (χ4n) is 6.50. The van der Waals surface area contributed by atoms with Crippen molar-refractivity contribution in [1.82, 2.24) is 19.4 Å². The molecule has 2 aliphatic rings. The molecule has 41 heavy (non-hydrogen) atoms. The van der Waals surface area contributed by atoms with Gasteiger partial charge in [0.1, 0.15) is 11.9 Å². The van der Waals surface area contributed by atoms with Crippen LogP contribution in [0, 0.1) is 24.7 Å². The Morgan fingerprint density at radius 1 is 1.15 bits per heavy atom. The van der Waals surface area contributed by atoms with Gasteiger partial charge in [-0.3, -0.25) is 14.4 Å². The normalized spacial score (nSPS) is 18.5. The number of rotatable bonds is 10. The van der Waals surface area contributed by atoms with Crippen LogP contribution in [0.3, 0.4) is 0 Å². The van der Waals surface area contributed by atoms with Crippen LogP contribution >= 0.6 is 0 Å². The fourth-order valence-corrected chi connectivity index (χ4v) is 6.50. The van der Waals surface area contributed by atoms with Gasteiger partial charge in [-0.1, -0.05) is 19.9 Å². The van der Waals surface area contributed by atoms with Gasteiger partial charge in [0.05, 0.1) is 17.0 Å². The summed E-state index contributed by atoms with van der Waals surface area (Å²) in [6.07, 6.45) is 9.42. The van der Waals surface area contributed by atoms with Crippen LogP contribution in [0.15, 0.2) is 35.3 Å². The van der Waals surface area contributed by atoms with Crippen LogP contribution in [0.5, 0.6) is 0 Å². The Balaban J connectivity index is 1.39. The number of carbonyl (C=O) groups is 2. The summed E-state index contributed by atoms with van der Waals surface area (Å²) < 4.78 is 8.14. The van der Waals surface area contributed by atoms with Gasteiger partial charge in [0.15, 0.2) is 0 Å². The van der Waals surface area contributed by atoms with E-state index in [0.717, 1.165) is 99.0 Å². The predicted octanol–water partition coefficient (Wildman–Crippen LogP) is 5.65. The van der Waals surface area contributed by atoms with Gasteiger partial charge < -0.3 is 19.2 Å². The zero-order valence-electron chi connectivity index (χ0n) is 24.9. The Morgan fingerprint density at radius 2 is 1.93 bits per heavy atom. The smallest absolute Gasteiger partial charge is 0.309 e. The van der Waals surface area contributed by atoms with E-state index in [1.54, 1.807) is 20.0 Å². The molecule has 220 valence electrons. The average molecular weight is 561 g/mol. The maximum absolute atomic E-state index is 13.1. The number of likely N-dealkylation sites (tertiary alicyclic amines) is 1. The van der Waals surface area contributed by atoms with Gasteiger partial charge in [0.25, 0.3) is 5.56 Å². The number of aryl methyl sites for hydroxylation is 2. The minimum absolute atomic E-state index is 0.0390. The van der Waals surface area contributed by atoms with E-state index in [0.29, 0.717) is 17.4 Å². The number of pyridine rings is 1. The predicted molar refractivity (Wildman–Crippen MR) is 161 cm³/mol. The summed E-state index contributed by atoms with van der Waals surface area (Å²) in [6, 6.07) is 8.30. The highest BCUT2D eigenvalue weighted by Crippen LogP contribution is 2.30. The number of ether oxygens (including phenoxy) is 1. The quantitative estimate of drug-likeness (QED) is 0.323. The highest BCUT2D eigenvalue weighted by Gasteiger charge is 2.28. The largest absolute Gasteiger partial charge is 0.462 e. The molecule has 1 unspecified atom stereocenters. The molecule has 1 aromatic carbocycles. The first-order chi connectivity index (χ1) is 19.7. The number of aromatic amines is 1. The van der Waals surface area contributed by atoms with Crippen LogP contribution in [-0.4, -0.2) is 50.5 Å². The maximum atomic E-state index is 13.1. The third-order valence-electron chi connectivity index (χ3n) is 8.79. The number of H-pyrrole nitrogens is 1. The van der Waals surface area contributed by atoms with Crippen LogP contribution in [0.1, 0.15) is 76.8 Å². The van der Waals surface area contributed by atoms with Crippen molar-refractivity contribution in [2.24, 2.45) is 17.8 Å². The number of amides is 1. The molecular formula is C33H44N4O4. The monoisotopic (exact) mass is 560 g/mol. The minimum atomic E-state index is -0.103. The number of benzene rings is 1. The number of imidazole rings is 1. The molecule has 1 amide bonds. The highest BCUT2D eigenvalue weighted by molar-refractivity contribution is 5.81. The van der Waals surface area contributed by atoms with Crippen LogP contribution in [0.4, 0.5) is 0 Å². The van der Waals surface area contributed by atoms with E-state index in [9.17, 15) is 14.4 Å². The van der Waals surface area contributed by atoms with E-state index < -0.39 is 0 Å². The maximum Gasteiger partial charge on any atom is 0.309 e. The zero-order valence-corrected chi connectivity index (χ0v) is 24.9. The SMILES string of the molecule is CC(=O)N1CCC(Cn2c(-c3c[nH]c(=O)c(C)c3)nc3cc(CC[C@@H](CC(C)C)C(=O)OC4CCCC4)ccc32)C1. The van der Waals surface area contributed by atoms with E-state index >= 15 is 0 Å².